The minimum Gasteiger partial charge on any atom is -0.433 e. The Labute approximate surface area is 334 Å². The maximum atomic E-state index is 14.2. The van der Waals surface area contributed by atoms with Crippen LogP contribution in [0.1, 0.15) is 94.1 Å². The van der Waals surface area contributed by atoms with Gasteiger partial charge in [-0.1, -0.05) is 92.7 Å². The lowest BCUT2D eigenvalue weighted by atomic mass is 9.78. The predicted octanol–water partition coefficient (Wildman–Crippen LogP) is 7.82. The highest BCUT2D eigenvalue weighted by Crippen LogP contribution is 2.42. The zero-order valence-electron chi connectivity index (χ0n) is 33.0. The van der Waals surface area contributed by atoms with Gasteiger partial charge in [-0.25, -0.2) is 14.8 Å². The SMILES string of the molecule is CCN(CC)[C@@H](C(=O)N1CCC[C@H]1c1ncc(-c2ccc(-c3ccc(-c4cnc([C@@H]5CCCN5C(=O)C5(OC(=O)NC)CCC5)[nH]4)cc3)cc2)[nH]1)c1ccccc1. The van der Waals surface area contributed by atoms with E-state index in [1.165, 1.54) is 7.05 Å². The van der Waals surface area contributed by atoms with E-state index in [0.717, 1.165) is 103 Å². The average Bonchev–Trinajstić information content (AvgIpc) is 4.08. The number of H-pyrrole nitrogens is 2. The zero-order valence-corrected chi connectivity index (χ0v) is 33.0. The number of hydrogen-bond donors (Lipinski definition) is 3. The predicted molar refractivity (Wildman–Crippen MR) is 219 cm³/mol. The number of rotatable bonds is 12. The molecule has 3 aromatic carbocycles. The van der Waals surface area contributed by atoms with Crippen LogP contribution in [0, 0.1) is 0 Å². The van der Waals surface area contributed by atoms with Crippen LogP contribution in [-0.4, -0.2) is 91.4 Å². The monoisotopic (exact) mass is 768 g/mol. The van der Waals surface area contributed by atoms with E-state index in [1.807, 2.05) is 40.4 Å². The molecule has 3 aliphatic rings. The molecule has 4 heterocycles. The Morgan fingerprint density at radius 2 is 1.26 bits per heavy atom. The lowest BCUT2D eigenvalue weighted by Gasteiger charge is -2.42. The maximum Gasteiger partial charge on any atom is 0.407 e. The van der Waals surface area contributed by atoms with Crippen LogP contribution in [0.25, 0.3) is 33.6 Å². The summed E-state index contributed by atoms with van der Waals surface area (Å²) in [7, 11) is 1.51. The van der Waals surface area contributed by atoms with E-state index in [2.05, 4.69) is 94.7 Å². The molecule has 3 amide bonds. The molecule has 2 aromatic heterocycles. The summed E-state index contributed by atoms with van der Waals surface area (Å²) in [6.45, 7) is 7.14. The fourth-order valence-electron chi connectivity index (χ4n) is 8.84. The van der Waals surface area contributed by atoms with Crippen LogP contribution in [0.2, 0.25) is 0 Å². The van der Waals surface area contributed by atoms with Gasteiger partial charge < -0.3 is 29.8 Å². The van der Waals surface area contributed by atoms with E-state index in [-0.39, 0.29) is 29.9 Å². The molecule has 12 nitrogen and oxygen atoms in total. The first kappa shape index (κ1) is 38.1. The molecule has 57 heavy (non-hydrogen) atoms. The largest absolute Gasteiger partial charge is 0.433 e. The van der Waals surface area contributed by atoms with E-state index < -0.39 is 11.7 Å². The van der Waals surface area contributed by atoms with Crippen LogP contribution in [-0.2, 0) is 14.3 Å². The first-order chi connectivity index (χ1) is 27.8. The van der Waals surface area contributed by atoms with Crippen LogP contribution in [0.5, 0.6) is 0 Å². The Morgan fingerprint density at radius 1 is 0.754 bits per heavy atom. The number of hydrogen-bond acceptors (Lipinski definition) is 7. The standard InChI is InChI=1S/C45H52N8O4/c1-4-51(5-2)39(34-12-7-6-8-13-34)42(54)52-26-9-14-37(52)40-47-28-35(49-40)32-20-16-30(17-21-32)31-18-22-33(23-19-31)36-29-48-41(50-36)38-15-10-27-53(38)43(55)45(24-11-25-45)57-44(56)46-3/h6-8,12-13,16-23,28-29,37-39H,4-5,9-11,14-15,24-27H2,1-3H3,(H,46,56)(H,47,49)(H,48,50)/t37-,38-,39+/m0/s1. The summed E-state index contributed by atoms with van der Waals surface area (Å²) < 4.78 is 5.60. The second-order valence-electron chi connectivity index (χ2n) is 15.4. The molecule has 1 aliphatic carbocycles. The molecule has 8 rings (SSSR count). The van der Waals surface area contributed by atoms with Crippen LogP contribution in [0.15, 0.2) is 91.3 Å². The van der Waals surface area contributed by atoms with Crippen molar-refractivity contribution in [3.05, 3.63) is 108 Å². The highest BCUT2D eigenvalue weighted by atomic mass is 16.6. The molecule has 5 aromatic rings. The third-order valence-corrected chi connectivity index (χ3v) is 12.2. The lowest BCUT2D eigenvalue weighted by Crippen LogP contribution is -2.56. The topological polar surface area (TPSA) is 140 Å². The van der Waals surface area contributed by atoms with Gasteiger partial charge in [0.15, 0.2) is 5.60 Å². The van der Waals surface area contributed by atoms with E-state index in [0.29, 0.717) is 19.4 Å². The molecule has 0 unspecified atom stereocenters. The van der Waals surface area contributed by atoms with E-state index >= 15 is 0 Å². The Balaban J connectivity index is 0.928. The van der Waals surface area contributed by atoms with Gasteiger partial charge in [-0.05, 0) is 85.9 Å². The molecule has 0 spiro atoms. The Hall–Kier alpha value is -5.75. The summed E-state index contributed by atoms with van der Waals surface area (Å²) in [6.07, 6.45) is 8.56. The third kappa shape index (κ3) is 7.46. The number of likely N-dealkylation sites (tertiary alicyclic amines) is 2. The number of carbonyl (C=O) groups excluding carboxylic acids is 3. The van der Waals surface area contributed by atoms with Crippen molar-refractivity contribution in [3.63, 3.8) is 0 Å². The van der Waals surface area contributed by atoms with Gasteiger partial charge in [-0.3, -0.25) is 14.5 Å². The molecule has 1 saturated carbocycles. The van der Waals surface area contributed by atoms with Gasteiger partial charge in [0.1, 0.15) is 17.7 Å². The number of imidazole rings is 2. The van der Waals surface area contributed by atoms with Gasteiger partial charge in [0.2, 0.25) is 5.91 Å². The zero-order chi connectivity index (χ0) is 39.5. The average molecular weight is 769 g/mol. The number of nitrogens with zero attached hydrogens (tertiary/aromatic N) is 5. The van der Waals surface area contributed by atoms with Crippen LogP contribution in [0.3, 0.4) is 0 Å². The van der Waals surface area contributed by atoms with Crippen LogP contribution in [0.4, 0.5) is 4.79 Å². The minimum atomic E-state index is -1.08. The van der Waals surface area contributed by atoms with Crippen molar-refractivity contribution in [2.24, 2.45) is 0 Å². The molecule has 2 saturated heterocycles. The number of alkyl carbamates (subject to hydrolysis) is 1. The first-order valence-corrected chi connectivity index (χ1v) is 20.4. The van der Waals surface area contributed by atoms with Crippen molar-refractivity contribution in [3.8, 4) is 33.6 Å². The molecular weight excluding hydrogens is 717 g/mol. The first-order valence-electron chi connectivity index (χ1n) is 20.4. The van der Waals surface area contributed by atoms with Crippen molar-refractivity contribution in [2.75, 3.05) is 33.2 Å². The Bertz CT molecular complexity index is 2170. The van der Waals surface area contributed by atoms with Crippen molar-refractivity contribution in [1.29, 1.82) is 0 Å². The summed E-state index contributed by atoms with van der Waals surface area (Å²) in [6, 6.07) is 26.3. The van der Waals surface area contributed by atoms with Crippen LogP contribution >= 0.6 is 0 Å². The van der Waals surface area contributed by atoms with Gasteiger partial charge in [-0.2, -0.15) is 0 Å². The molecule has 3 atom stereocenters. The van der Waals surface area contributed by atoms with Gasteiger partial charge >= 0.3 is 6.09 Å². The van der Waals surface area contributed by atoms with Crippen molar-refractivity contribution in [2.45, 2.75) is 82.5 Å². The molecule has 12 heteroatoms. The highest BCUT2D eigenvalue weighted by molar-refractivity contribution is 5.89. The molecular formula is C45H52N8O4. The lowest BCUT2D eigenvalue weighted by molar-refractivity contribution is -0.161. The van der Waals surface area contributed by atoms with Gasteiger partial charge in [0.05, 0.1) is 35.9 Å². The van der Waals surface area contributed by atoms with E-state index in [9.17, 15) is 14.4 Å². The number of aromatic nitrogens is 4. The molecule has 3 N–H and O–H groups in total. The number of aromatic amines is 2. The second kappa shape index (κ2) is 16.4. The smallest absolute Gasteiger partial charge is 0.407 e. The van der Waals surface area contributed by atoms with E-state index in [4.69, 9.17) is 14.7 Å². The maximum absolute atomic E-state index is 14.2. The van der Waals surface area contributed by atoms with E-state index in [1.54, 1.807) is 0 Å². The van der Waals surface area contributed by atoms with Gasteiger partial charge in [0, 0.05) is 20.1 Å². The fraction of sp³-hybridized carbons (Fsp3) is 0.400. The number of likely N-dealkylation sites (N-methyl/N-ethyl adjacent to an activating group) is 1. The molecule has 0 radical (unpaired) electrons. The second-order valence-corrected chi connectivity index (χ2v) is 15.4. The van der Waals surface area contributed by atoms with Crippen molar-refractivity contribution < 1.29 is 19.1 Å². The third-order valence-electron chi connectivity index (χ3n) is 12.2. The quantitative estimate of drug-likeness (QED) is 0.118. The van der Waals surface area contributed by atoms with Crippen LogP contribution < -0.4 is 5.32 Å². The minimum absolute atomic E-state index is 0.0920. The highest BCUT2D eigenvalue weighted by Gasteiger charge is 2.52. The number of benzene rings is 3. The number of nitrogens with one attached hydrogen (secondary N) is 3. The summed E-state index contributed by atoms with van der Waals surface area (Å²) in [5, 5.41) is 2.48. The Morgan fingerprint density at radius 3 is 1.75 bits per heavy atom. The molecule has 0 bridgehead atoms. The summed E-state index contributed by atoms with van der Waals surface area (Å²) in [5.41, 5.74) is 5.97. The van der Waals surface area contributed by atoms with Crippen molar-refractivity contribution >= 4 is 17.9 Å². The Kier molecular flexibility index (Phi) is 11.0. The van der Waals surface area contributed by atoms with Crippen molar-refractivity contribution in [1.82, 2.24) is 40.0 Å². The molecule has 2 aliphatic heterocycles. The summed E-state index contributed by atoms with van der Waals surface area (Å²) >= 11 is 0. The molecule has 3 fully saturated rings. The molecule has 296 valence electrons. The summed E-state index contributed by atoms with van der Waals surface area (Å²) in [5.74, 6) is 1.58. The van der Waals surface area contributed by atoms with Gasteiger partial charge in [-0.15, -0.1) is 0 Å². The normalized spacial score (nSPS) is 19.4. The number of carbonyl (C=O) groups is 3. The fourth-order valence-corrected chi connectivity index (χ4v) is 8.84. The number of ether oxygens (including phenoxy) is 1. The van der Waals surface area contributed by atoms with Gasteiger partial charge in [0.25, 0.3) is 5.91 Å². The summed E-state index contributed by atoms with van der Waals surface area (Å²) in [4.78, 5) is 62.6. The number of amides is 3.